The molecule has 0 saturated carbocycles. The van der Waals surface area contributed by atoms with Crippen LogP contribution in [0.3, 0.4) is 0 Å². The summed E-state index contributed by atoms with van der Waals surface area (Å²) in [6.07, 6.45) is 0. The third-order valence-corrected chi connectivity index (χ3v) is 6.39. The molecule has 9 nitrogen and oxygen atoms in total. The van der Waals surface area contributed by atoms with Gasteiger partial charge in [-0.3, -0.25) is 14.2 Å². The Labute approximate surface area is 219 Å². The van der Waals surface area contributed by atoms with E-state index in [0.717, 1.165) is 22.9 Å². The molecule has 37 heavy (non-hydrogen) atoms. The summed E-state index contributed by atoms with van der Waals surface area (Å²) in [5, 5.41) is 15.5. The van der Waals surface area contributed by atoms with Crippen molar-refractivity contribution < 1.29 is 19.1 Å². The number of nitrogens with one attached hydrogen (secondary N) is 2. The second kappa shape index (κ2) is 12.1. The number of ether oxygens (including phenoxy) is 2. The van der Waals surface area contributed by atoms with Crippen LogP contribution in [0, 0.1) is 0 Å². The van der Waals surface area contributed by atoms with Crippen LogP contribution in [0.15, 0.2) is 78.0 Å². The third kappa shape index (κ3) is 6.68. The van der Waals surface area contributed by atoms with Gasteiger partial charge in [-0.15, -0.1) is 10.2 Å². The predicted molar refractivity (Wildman–Crippen MR) is 144 cm³/mol. The molecule has 0 radical (unpaired) electrons. The minimum absolute atomic E-state index is 0.0613. The van der Waals surface area contributed by atoms with Crippen LogP contribution in [0.25, 0.3) is 5.69 Å². The first-order valence-electron chi connectivity index (χ1n) is 11.5. The van der Waals surface area contributed by atoms with Crippen molar-refractivity contribution in [3.8, 4) is 17.2 Å². The van der Waals surface area contributed by atoms with Gasteiger partial charge >= 0.3 is 0 Å². The number of hydrogen-bond donors (Lipinski definition) is 2. The van der Waals surface area contributed by atoms with Gasteiger partial charge in [-0.1, -0.05) is 23.9 Å². The van der Waals surface area contributed by atoms with Crippen molar-refractivity contribution in [2.75, 3.05) is 30.6 Å². The number of nitrogens with zero attached hydrogens (tertiary/aromatic N) is 3. The van der Waals surface area contributed by atoms with Crippen LogP contribution in [-0.2, 0) is 11.3 Å². The van der Waals surface area contributed by atoms with Crippen molar-refractivity contribution in [2.45, 2.75) is 18.6 Å². The number of methoxy groups -OCH3 is 2. The number of carbonyl (C=O) groups excluding carboxylic acids is 2. The molecular weight excluding hydrogens is 490 g/mol. The molecule has 1 aromatic heterocycles. The number of ketones is 1. The van der Waals surface area contributed by atoms with Gasteiger partial charge in [0.2, 0.25) is 5.91 Å². The maximum absolute atomic E-state index is 12.7. The number of Topliss-reactive ketones (excluding diaryl/α,β-unsaturated/α-hetero) is 1. The lowest BCUT2D eigenvalue weighted by molar-refractivity contribution is -0.113. The van der Waals surface area contributed by atoms with Gasteiger partial charge in [0.15, 0.2) is 16.8 Å². The fraction of sp³-hybridized carbons (Fsp3) is 0.185. The summed E-state index contributed by atoms with van der Waals surface area (Å²) in [5.74, 6) is 2.03. The molecule has 0 aliphatic rings. The Balaban J connectivity index is 1.50. The second-order valence-electron chi connectivity index (χ2n) is 7.99. The van der Waals surface area contributed by atoms with Gasteiger partial charge < -0.3 is 20.1 Å². The van der Waals surface area contributed by atoms with Gasteiger partial charge in [-0.05, 0) is 67.6 Å². The lowest BCUT2D eigenvalue weighted by Gasteiger charge is -2.12. The van der Waals surface area contributed by atoms with Crippen LogP contribution in [-0.4, -0.2) is 46.4 Å². The number of aromatic nitrogens is 3. The molecule has 0 bridgehead atoms. The van der Waals surface area contributed by atoms with Crippen LogP contribution >= 0.6 is 11.8 Å². The number of amides is 1. The molecule has 190 valence electrons. The average Bonchev–Trinajstić information content (AvgIpc) is 3.34. The van der Waals surface area contributed by atoms with Crippen LogP contribution < -0.4 is 20.1 Å². The Kier molecular flexibility index (Phi) is 8.42. The second-order valence-corrected chi connectivity index (χ2v) is 8.93. The Morgan fingerprint density at radius 3 is 2.22 bits per heavy atom. The van der Waals surface area contributed by atoms with E-state index in [4.69, 9.17) is 9.47 Å². The van der Waals surface area contributed by atoms with Crippen LogP contribution in [0.4, 0.5) is 11.4 Å². The zero-order valence-electron chi connectivity index (χ0n) is 20.7. The summed E-state index contributed by atoms with van der Waals surface area (Å²) in [4.78, 5) is 24.3. The van der Waals surface area contributed by atoms with Crippen LogP contribution in [0.5, 0.6) is 11.5 Å². The normalized spacial score (nSPS) is 10.6. The first-order valence-corrected chi connectivity index (χ1v) is 12.5. The number of benzene rings is 3. The number of anilines is 2. The highest BCUT2D eigenvalue weighted by atomic mass is 32.2. The van der Waals surface area contributed by atoms with Crippen LogP contribution in [0.1, 0.15) is 23.1 Å². The maximum atomic E-state index is 12.7. The van der Waals surface area contributed by atoms with Gasteiger partial charge in [0, 0.05) is 22.6 Å². The van der Waals surface area contributed by atoms with Gasteiger partial charge in [0.1, 0.15) is 11.5 Å². The smallest absolute Gasteiger partial charge is 0.234 e. The summed E-state index contributed by atoms with van der Waals surface area (Å²) in [7, 11) is 3.24. The van der Waals surface area contributed by atoms with E-state index in [0.29, 0.717) is 28.8 Å². The average molecular weight is 518 g/mol. The van der Waals surface area contributed by atoms with E-state index in [1.54, 1.807) is 38.5 Å². The first-order chi connectivity index (χ1) is 18.0. The highest BCUT2D eigenvalue weighted by molar-refractivity contribution is 7.99. The van der Waals surface area contributed by atoms with Crippen molar-refractivity contribution in [1.29, 1.82) is 0 Å². The fourth-order valence-electron chi connectivity index (χ4n) is 3.53. The van der Waals surface area contributed by atoms with E-state index in [2.05, 4.69) is 20.8 Å². The molecule has 1 heterocycles. The Morgan fingerprint density at radius 2 is 1.57 bits per heavy atom. The molecule has 0 aliphatic carbocycles. The monoisotopic (exact) mass is 517 g/mol. The molecule has 2 N–H and O–H groups in total. The highest BCUT2D eigenvalue weighted by Gasteiger charge is 2.16. The summed E-state index contributed by atoms with van der Waals surface area (Å²) in [6, 6.07) is 22.0. The van der Waals surface area contributed by atoms with Gasteiger partial charge in [-0.2, -0.15) is 0 Å². The number of carbonyl (C=O) groups is 2. The zero-order valence-corrected chi connectivity index (χ0v) is 21.5. The molecule has 0 atom stereocenters. The van der Waals surface area contributed by atoms with Gasteiger partial charge in [0.25, 0.3) is 0 Å². The van der Waals surface area contributed by atoms with Crippen molar-refractivity contribution in [3.05, 3.63) is 84.2 Å². The largest absolute Gasteiger partial charge is 0.497 e. The van der Waals surface area contributed by atoms with Crippen LogP contribution in [0.2, 0.25) is 0 Å². The van der Waals surface area contributed by atoms with E-state index >= 15 is 0 Å². The minimum atomic E-state index is -0.215. The van der Waals surface area contributed by atoms with E-state index in [-0.39, 0.29) is 17.4 Å². The van der Waals surface area contributed by atoms with Gasteiger partial charge in [0.05, 0.1) is 26.5 Å². The Bertz CT molecular complexity index is 1370. The molecule has 0 unspecified atom stereocenters. The summed E-state index contributed by atoms with van der Waals surface area (Å²) >= 11 is 1.27. The molecule has 0 spiro atoms. The highest BCUT2D eigenvalue weighted by Crippen LogP contribution is 2.25. The number of rotatable bonds is 11. The quantitative estimate of drug-likeness (QED) is 0.215. The molecule has 0 saturated heterocycles. The molecular formula is C27H27N5O4S. The summed E-state index contributed by atoms with van der Waals surface area (Å²) in [5.41, 5.74) is 2.86. The van der Waals surface area contributed by atoms with Crippen molar-refractivity contribution >= 4 is 34.8 Å². The first kappa shape index (κ1) is 25.8. The lowest BCUT2D eigenvalue weighted by atomic mass is 10.1. The lowest BCUT2D eigenvalue weighted by Crippen LogP contribution is -2.15. The number of hydrogen-bond acceptors (Lipinski definition) is 8. The van der Waals surface area contributed by atoms with E-state index in [1.807, 2.05) is 53.1 Å². The number of thioether (sulfide) groups is 1. The Hall–Kier alpha value is -4.31. The topological polar surface area (TPSA) is 107 Å². The van der Waals surface area contributed by atoms with Gasteiger partial charge in [-0.25, -0.2) is 0 Å². The minimum Gasteiger partial charge on any atom is -0.497 e. The molecule has 3 aromatic carbocycles. The third-order valence-electron chi connectivity index (χ3n) is 5.46. The van der Waals surface area contributed by atoms with Crippen molar-refractivity contribution in [2.24, 2.45) is 0 Å². The molecule has 0 aliphatic heterocycles. The molecule has 10 heteroatoms. The Morgan fingerprint density at radius 1 is 0.892 bits per heavy atom. The summed E-state index contributed by atoms with van der Waals surface area (Å²) < 4.78 is 12.4. The molecule has 4 rings (SSSR count). The SMILES string of the molecule is COc1ccc(NCc2nnc(SCC(=O)Nc3cccc(C(C)=O)c3)n2-c2ccc(OC)cc2)cc1. The van der Waals surface area contributed by atoms with Crippen molar-refractivity contribution in [1.82, 2.24) is 14.8 Å². The maximum Gasteiger partial charge on any atom is 0.234 e. The van der Waals surface area contributed by atoms with E-state index in [9.17, 15) is 9.59 Å². The van der Waals surface area contributed by atoms with Crippen molar-refractivity contribution in [3.63, 3.8) is 0 Å². The van der Waals surface area contributed by atoms with E-state index < -0.39 is 0 Å². The summed E-state index contributed by atoms with van der Waals surface area (Å²) in [6.45, 7) is 1.90. The molecule has 4 aromatic rings. The zero-order chi connectivity index (χ0) is 26.2. The molecule has 1 amide bonds. The standard InChI is InChI=1S/C27H27N5O4S/c1-18(33)19-5-4-6-21(15-19)29-26(34)17-37-27-31-30-25(16-28-20-7-11-23(35-2)12-8-20)32(27)22-9-13-24(36-3)14-10-22/h4-15,28H,16-17H2,1-3H3,(H,29,34). The fourth-order valence-corrected chi connectivity index (χ4v) is 4.30. The predicted octanol–water partition coefficient (Wildman–Crippen LogP) is 4.83. The molecule has 0 fully saturated rings. The van der Waals surface area contributed by atoms with E-state index in [1.165, 1.54) is 18.7 Å².